The van der Waals surface area contributed by atoms with Gasteiger partial charge in [0.1, 0.15) is 6.07 Å². The number of rotatable bonds is 4. The lowest BCUT2D eigenvalue weighted by atomic mass is 10.1. The Bertz CT molecular complexity index is 600. The van der Waals surface area contributed by atoms with Crippen LogP contribution in [0.3, 0.4) is 0 Å². The van der Waals surface area contributed by atoms with E-state index in [1.807, 2.05) is 30.3 Å². The molecule has 2 aromatic rings. The summed E-state index contributed by atoms with van der Waals surface area (Å²) < 4.78 is 0. The van der Waals surface area contributed by atoms with Crippen LogP contribution in [0.15, 0.2) is 42.5 Å². The molecule has 2 rings (SSSR count). The highest BCUT2D eigenvalue weighted by Crippen LogP contribution is 2.18. The lowest BCUT2D eigenvalue weighted by Gasteiger charge is -2.09. The van der Waals surface area contributed by atoms with Crippen LogP contribution >= 0.6 is 11.6 Å². The van der Waals surface area contributed by atoms with Gasteiger partial charge in [0.2, 0.25) is 0 Å². The summed E-state index contributed by atoms with van der Waals surface area (Å²) >= 11 is 5.83. The van der Waals surface area contributed by atoms with Crippen LogP contribution in [0.4, 0.5) is 11.4 Å². The monoisotopic (exact) mass is 271 g/mol. The number of nitriles is 1. The average Bonchev–Trinajstić information content (AvgIpc) is 2.42. The minimum atomic E-state index is 0.566. The molecular formula is C15H14ClN3. The Balaban J connectivity index is 1.96. The van der Waals surface area contributed by atoms with Crippen LogP contribution < -0.4 is 11.1 Å². The molecule has 0 aliphatic heterocycles. The summed E-state index contributed by atoms with van der Waals surface area (Å²) in [6, 6.07) is 15.2. The van der Waals surface area contributed by atoms with E-state index >= 15 is 0 Å². The molecule has 0 aliphatic rings. The molecule has 0 bridgehead atoms. The van der Waals surface area contributed by atoms with E-state index < -0.39 is 0 Å². The quantitative estimate of drug-likeness (QED) is 0.837. The number of nitrogens with zero attached hydrogens (tertiary/aromatic N) is 1. The summed E-state index contributed by atoms with van der Waals surface area (Å²) in [5.41, 5.74) is 8.82. The summed E-state index contributed by atoms with van der Waals surface area (Å²) in [5, 5.41) is 13.0. The standard InChI is InChI=1S/C15H14ClN3/c16-13-3-1-11(2-4-13)7-8-19-15-6-5-14(18)9-12(15)10-17/h1-6,9,19H,7-8,18H2. The zero-order valence-electron chi connectivity index (χ0n) is 10.4. The summed E-state index contributed by atoms with van der Waals surface area (Å²) in [7, 11) is 0. The van der Waals surface area contributed by atoms with Crippen molar-refractivity contribution < 1.29 is 0 Å². The van der Waals surface area contributed by atoms with E-state index in [1.165, 1.54) is 5.56 Å². The van der Waals surface area contributed by atoms with Gasteiger partial charge in [0, 0.05) is 17.3 Å². The number of hydrogen-bond donors (Lipinski definition) is 2. The minimum Gasteiger partial charge on any atom is -0.399 e. The molecule has 0 saturated heterocycles. The fourth-order valence-corrected chi connectivity index (χ4v) is 1.93. The van der Waals surface area contributed by atoms with Crippen LogP contribution in [0.25, 0.3) is 0 Å². The van der Waals surface area contributed by atoms with Gasteiger partial charge in [0.15, 0.2) is 0 Å². The van der Waals surface area contributed by atoms with E-state index in [9.17, 15) is 0 Å². The predicted octanol–water partition coefficient (Wildman–Crippen LogP) is 3.45. The van der Waals surface area contributed by atoms with Crippen molar-refractivity contribution >= 4 is 23.0 Å². The van der Waals surface area contributed by atoms with Crippen LogP contribution in [-0.4, -0.2) is 6.54 Å². The van der Waals surface area contributed by atoms with Gasteiger partial charge in [-0.05, 0) is 42.3 Å². The average molecular weight is 272 g/mol. The van der Waals surface area contributed by atoms with Crippen molar-refractivity contribution in [3.05, 3.63) is 58.6 Å². The number of hydrogen-bond acceptors (Lipinski definition) is 3. The van der Waals surface area contributed by atoms with Crippen LogP contribution in [0.5, 0.6) is 0 Å². The normalized spacial score (nSPS) is 9.89. The Morgan fingerprint density at radius 3 is 2.58 bits per heavy atom. The summed E-state index contributed by atoms with van der Waals surface area (Å²) in [5.74, 6) is 0. The zero-order valence-corrected chi connectivity index (χ0v) is 11.1. The second kappa shape index (κ2) is 6.12. The van der Waals surface area contributed by atoms with Crippen molar-refractivity contribution in [1.29, 1.82) is 5.26 Å². The second-order valence-corrected chi connectivity index (χ2v) is 4.66. The van der Waals surface area contributed by atoms with Crippen molar-refractivity contribution in [2.45, 2.75) is 6.42 Å². The van der Waals surface area contributed by atoms with E-state index in [-0.39, 0.29) is 0 Å². The fraction of sp³-hybridized carbons (Fsp3) is 0.133. The summed E-state index contributed by atoms with van der Waals surface area (Å²) in [6.45, 7) is 0.750. The maximum Gasteiger partial charge on any atom is 0.101 e. The van der Waals surface area contributed by atoms with Crippen molar-refractivity contribution in [3.8, 4) is 6.07 Å². The maximum absolute atomic E-state index is 9.03. The Morgan fingerprint density at radius 2 is 1.89 bits per heavy atom. The first-order chi connectivity index (χ1) is 9.19. The summed E-state index contributed by atoms with van der Waals surface area (Å²) in [6.07, 6.45) is 0.867. The molecule has 0 saturated carbocycles. The van der Waals surface area contributed by atoms with E-state index in [0.717, 1.165) is 23.7 Å². The smallest absolute Gasteiger partial charge is 0.101 e. The van der Waals surface area contributed by atoms with Gasteiger partial charge < -0.3 is 11.1 Å². The van der Waals surface area contributed by atoms with E-state index in [1.54, 1.807) is 12.1 Å². The highest BCUT2D eigenvalue weighted by atomic mass is 35.5. The number of anilines is 2. The Kier molecular flexibility index (Phi) is 4.27. The Hall–Kier alpha value is -2.18. The van der Waals surface area contributed by atoms with Gasteiger partial charge in [-0.25, -0.2) is 0 Å². The van der Waals surface area contributed by atoms with Gasteiger partial charge in [-0.1, -0.05) is 23.7 Å². The first-order valence-corrected chi connectivity index (χ1v) is 6.35. The van der Waals surface area contributed by atoms with Gasteiger partial charge >= 0.3 is 0 Å². The van der Waals surface area contributed by atoms with Crippen LogP contribution in [-0.2, 0) is 6.42 Å². The van der Waals surface area contributed by atoms with Crippen molar-refractivity contribution in [2.24, 2.45) is 0 Å². The third-order valence-electron chi connectivity index (χ3n) is 2.81. The Labute approximate surface area is 117 Å². The number of nitrogens with one attached hydrogen (secondary N) is 1. The number of benzene rings is 2. The first-order valence-electron chi connectivity index (χ1n) is 5.97. The molecule has 96 valence electrons. The van der Waals surface area contributed by atoms with Crippen LogP contribution in [0.1, 0.15) is 11.1 Å². The highest BCUT2D eigenvalue weighted by molar-refractivity contribution is 6.30. The molecule has 0 atom stereocenters. The van der Waals surface area contributed by atoms with E-state index in [0.29, 0.717) is 11.3 Å². The van der Waals surface area contributed by atoms with Gasteiger partial charge in [-0.2, -0.15) is 5.26 Å². The topological polar surface area (TPSA) is 61.8 Å². The third-order valence-corrected chi connectivity index (χ3v) is 3.06. The molecule has 0 fully saturated rings. The molecule has 3 N–H and O–H groups in total. The fourth-order valence-electron chi connectivity index (χ4n) is 1.80. The molecule has 0 aromatic heterocycles. The molecule has 2 aromatic carbocycles. The molecule has 0 aliphatic carbocycles. The predicted molar refractivity (Wildman–Crippen MR) is 79.2 cm³/mol. The molecule has 0 unspecified atom stereocenters. The second-order valence-electron chi connectivity index (χ2n) is 4.22. The largest absolute Gasteiger partial charge is 0.399 e. The Morgan fingerprint density at radius 1 is 1.16 bits per heavy atom. The van der Waals surface area contributed by atoms with Gasteiger partial charge in [-0.3, -0.25) is 0 Å². The first kappa shape index (κ1) is 13.3. The van der Waals surface area contributed by atoms with Crippen molar-refractivity contribution in [3.63, 3.8) is 0 Å². The van der Waals surface area contributed by atoms with Crippen LogP contribution in [0, 0.1) is 11.3 Å². The van der Waals surface area contributed by atoms with Gasteiger partial charge in [0.05, 0.1) is 11.3 Å². The number of nitrogens with two attached hydrogens (primary N) is 1. The highest BCUT2D eigenvalue weighted by Gasteiger charge is 2.01. The van der Waals surface area contributed by atoms with Gasteiger partial charge in [0.25, 0.3) is 0 Å². The number of nitrogen functional groups attached to an aromatic ring is 1. The zero-order chi connectivity index (χ0) is 13.7. The SMILES string of the molecule is N#Cc1cc(N)ccc1NCCc1ccc(Cl)cc1. The van der Waals surface area contributed by atoms with Crippen molar-refractivity contribution in [1.82, 2.24) is 0 Å². The van der Waals surface area contributed by atoms with Crippen molar-refractivity contribution in [2.75, 3.05) is 17.6 Å². The summed E-state index contributed by atoms with van der Waals surface area (Å²) in [4.78, 5) is 0. The van der Waals surface area contributed by atoms with E-state index in [4.69, 9.17) is 22.6 Å². The number of halogens is 1. The third kappa shape index (κ3) is 3.64. The molecule has 0 heterocycles. The lowest BCUT2D eigenvalue weighted by molar-refractivity contribution is 1.02. The molecule has 0 amide bonds. The molecular weight excluding hydrogens is 258 g/mol. The molecule has 3 nitrogen and oxygen atoms in total. The molecule has 19 heavy (non-hydrogen) atoms. The molecule has 4 heteroatoms. The maximum atomic E-state index is 9.03. The van der Waals surface area contributed by atoms with E-state index in [2.05, 4.69) is 11.4 Å². The minimum absolute atomic E-state index is 0.566. The molecule has 0 spiro atoms. The molecule has 0 radical (unpaired) electrons. The van der Waals surface area contributed by atoms with Crippen LogP contribution in [0.2, 0.25) is 5.02 Å². The van der Waals surface area contributed by atoms with Gasteiger partial charge in [-0.15, -0.1) is 0 Å². The lowest BCUT2D eigenvalue weighted by Crippen LogP contribution is -2.06.